The molecule has 1 saturated heterocycles. The Bertz CT molecular complexity index is 1430. The molecule has 41 heavy (non-hydrogen) atoms. The van der Waals surface area contributed by atoms with Gasteiger partial charge < -0.3 is 19.9 Å². The monoisotopic (exact) mass is 568 g/mol. The van der Waals surface area contributed by atoms with Crippen LogP contribution in [0.4, 0.5) is 13.2 Å². The fourth-order valence-corrected chi connectivity index (χ4v) is 5.86. The molecule has 2 aromatic carbocycles. The minimum absolute atomic E-state index is 0.0274. The zero-order chi connectivity index (χ0) is 28.9. The summed E-state index contributed by atoms with van der Waals surface area (Å²) in [5.74, 6) is 1.19. The third kappa shape index (κ3) is 6.62. The van der Waals surface area contributed by atoms with Crippen molar-refractivity contribution in [2.24, 2.45) is 0 Å². The van der Waals surface area contributed by atoms with Gasteiger partial charge >= 0.3 is 0 Å². The number of para-hydroxylation sites is 2. The quantitative estimate of drug-likeness (QED) is 0.355. The number of amides is 1. The van der Waals surface area contributed by atoms with Gasteiger partial charge in [0.05, 0.1) is 29.4 Å². The fourth-order valence-electron chi connectivity index (χ4n) is 5.86. The number of aliphatic hydroxyl groups is 1. The van der Waals surface area contributed by atoms with Crippen molar-refractivity contribution in [3.8, 4) is 11.3 Å². The van der Waals surface area contributed by atoms with Gasteiger partial charge in [-0.15, -0.1) is 0 Å². The number of benzene rings is 2. The third-order valence-corrected chi connectivity index (χ3v) is 7.93. The minimum Gasteiger partial charge on any atom is -0.390 e. The van der Waals surface area contributed by atoms with Crippen LogP contribution in [0.1, 0.15) is 42.8 Å². The number of rotatable bonds is 6. The summed E-state index contributed by atoms with van der Waals surface area (Å²) in [7, 11) is 0. The topological polar surface area (TPSA) is 90.3 Å². The van der Waals surface area contributed by atoms with Crippen LogP contribution in [0.2, 0.25) is 0 Å². The van der Waals surface area contributed by atoms with Crippen molar-refractivity contribution in [2.75, 3.05) is 33.1 Å². The lowest BCUT2D eigenvalue weighted by Gasteiger charge is -2.32. The average molecular weight is 569 g/mol. The number of imidazole rings is 1. The molecule has 0 spiro atoms. The van der Waals surface area contributed by atoms with E-state index in [1.54, 1.807) is 19.1 Å². The molecule has 2 aromatic heterocycles. The number of aliphatic hydroxyl groups excluding tert-OH is 1. The van der Waals surface area contributed by atoms with E-state index >= 15 is 0 Å². The summed E-state index contributed by atoms with van der Waals surface area (Å²) < 4.78 is 34.7. The summed E-state index contributed by atoms with van der Waals surface area (Å²) in [6.45, 7) is 3.70. The van der Waals surface area contributed by atoms with E-state index in [0.717, 1.165) is 65.3 Å². The van der Waals surface area contributed by atoms with Gasteiger partial charge in [0.25, 0.3) is 0 Å². The summed E-state index contributed by atoms with van der Waals surface area (Å²) in [6, 6.07) is 14.4. The van der Waals surface area contributed by atoms with Crippen LogP contribution in [0, 0.1) is 5.82 Å². The number of fused-ring (bicyclic) bond motifs is 2. The van der Waals surface area contributed by atoms with E-state index < -0.39 is 13.0 Å². The van der Waals surface area contributed by atoms with Gasteiger partial charge in [0.2, 0.25) is 12.8 Å². The first-order valence-electron chi connectivity index (χ1n) is 13.9. The number of β-amino-alcohol motifs (C(OH)–C–C–N with tert-alkyl or cyclic N) is 1. The summed E-state index contributed by atoms with van der Waals surface area (Å²) in [5, 5.41) is 15.9. The SMILES string of the molecule is CC(=O)N1CCc2c(c(-c3ccc(F)cc3)nn2CC(O)CN2CCC(c3nc4ccccc4[nH]3)CC2)C1.FCF. The molecule has 1 atom stereocenters. The van der Waals surface area contributed by atoms with Crippen LogP contribution in [0.5, 0.6) is 0 Å². The highest BCUT2D eigenvalue weighted by atomic mass is 19.3. The number of carbonyl (C=O) groups is 1. The maximum absolute atomic E-state index is 13.6. The largest absolute Gasteiger partial charge is 0.390 e. The van der Waals surface area contributed by atoms with E-state index in [4.69, 9.17) is 10.1 Å². The highest BCUT2D eigenvalue weighted by Gasteiger charge is 2.29. The smallest absolute Gasteiger partial charge is 0.229 e. The van der Waals surface area contributed by atoms with E-state index in [-0.39, 0.29) is 11.7 Å². The van der Waals surface area contributed by atoms with Crippen molar-refractivity contribution >= 4 is 16.9 Å². The Morgan fingerprint density at radius 3 is 2.46 bits per heavy atom. The number of aromatic nitrogens is 4. The van der Waals surface area contributed by atoms with Gasteiger partial charge in [0.15, 0.2) is 0 Å². The molecule has 8 nitrogen and oxygen atoms in total. The van der Waals surface area contributed by atoms with Gasteiger partial charge in [0.1, 0.15) is 11.6 Å². The van der Waals surface area contributed by atoms with Crippen LogP contribution in [0.3, 0.4) is 0 Å². The van der Waals surface area contributed by atoms with Crippen LogP contribution in [0.15, 0.2) is 48.5 Å². The molecule has 6 rings (SSSR count). The predicted molar refractivity (Wildman–Crippen MR) is 150 cm³/mol. The Morgan fingerprint density at radius 1 is 1.07 bits per heavy atom. The van der Waals surface area contributed by atoms with Gasteiger partial charge in [0, 0.05) is 55.7 Å². The molecule has 0 saturated carbocycles. The molecule has 0 bridgehead atoms. The molecule has 0 aliphatic carbocycles. The third-order valence-electron chi connectivity index (χ3n) is 7.93. The molecular formula is C30H35F3N6O2. The average Bonchev–Trinajstić information content (AvgIpc) is 3.56. The second-order valence-corrected chi connectivity index (χ2v) is 10.6. The van der Waals surface area contributed by atoms with Crippen molar-refractivity contribution < 1.29 is 23.1 Å². The van der Waals surface area contributed by atoms with Crippen LogP contribution in [0.25, 0.3) is 22.3 Å². The number of nitrogens with one attached hydrogen (secondary N) is 1. The molecule has 1 amide bonds. The molecule has 2 aliphatic rings. The molecule has 1 unspecified atom stereocenters. The molecule has 218 valence electrons. The van der Waals surface area contributed by atoms with Crippen molar-refractivity contribution in [1.82, 2.24) is 29.5 Å². The molecule has 1 fully saturated rings. The standard InChI is InChI=1S/C29H33FN6O2.CH2F2/c1-19(37)35-15-12-27-24(18-35)28(20-6-8-22(30)9-7-20)33-36(27)17-23(38)16-34-13-10-21(11-14-34)29-31-25-4-2-3-5-26(25)32-29;2-1-3/h2-9,21,23,38H,10-18H2,1H3,(H,31,32);1H2. The maximum Gasteiger partial charge on any atom is 0.229 e. The van der Waals surface area contributed by atoms with Crippen LogP contribution >= 0.6 is 0 Å². The predicted octanol–water partition coefficient (Wildman–Crippen LogP) is 4.59. The highest BCUT2D eigenvalue weighted by Crippen LogP contribution is 2.31. The van der Waals surface area contributed by atoms with E-state index in [0.29, 0.717) is 38.5 Å². The van der Waals surface area contributed by atoms with Crippen LogP contribution < -0.4 is 0 Å². The van der Waals surface area contributed by atoms with Crippen molar-refractivity contribution in [1.29, 1.82) is 0 Å². The summed E-state index contributed by atoms with van der Waals surface area (Å²) in [4.78, 5) is 24.5. The first-order chi connectivity index (χ1) is 19.9. The number of aromatic amines is 1. The lowest BCUT2D eigenvalue weighted by Crippen LogP contribution is -2.40. The zero-order valence-corrected chi connectivity index (χ0v) is 23.1. The number of piperidine rings is 1. The number of nitrogens with zero attached hydrogens (tertiary/aromatic N) is 5. The molecule has 0 radical (unpaired) electrons. The summed E-state index contributed by atoms with van der Waals surface area (Å²) in [6.07, 6.45) is 2.10. The normalized spacial score (nSPS) is 16.8. The molecule has 4 heterocycles. The first-order valence-corrected chi connectivity index (χ1v) is 13.9. The van der Waals surface area contributed by atoms with E-state index in [2.05, 4.69) is 16.0 Å². The van der Waals surface area contributed by atoms with E-state index in [9.17, 15) is 23.1 Å². The van der Waals surface area contributed by atoms with Crippen LogP contribution in [-0.2, 0) is 24.3 Å². The van der Waals surface area contributed by atoms with Crippen LogP contribution in [-0.4, -0.2) is 79.8 Å². The molecular weight excluding hydrogens is 533 g/mol. The Balaban J connectivity index is 0.00000108. The zero-order valence-electron chi connectivity index (χ0n) is 23.1. The highest BCUT2D eigenvalue weighted by molar-refractivity contribution is 5.75. The lowest BCUT2D eigenvalue weighted by atomic mass is 9.96. The minimum atomic E-state index is -1.75. The summed E-state index contributed by atoms with van der Waals surface area (Å²) in [5.41, 5.74) is 5.68. The van der Waals surface area contributed by atoms with Crippen molar-refractivity contribution in [2.45, 2.75) is 51.3 Å². The molecule has 4 aromatic rings. The number of hydrogen-bond donors (Lipinski definition) is 2. The fraction of sp³-hybridized carbons (Fsp3) is 0.433. The molecule has 11 heteroatoms. The van der Waals surface area contributed by atoms with Crippen molar-refractivity contribution in [3.05, 3.63) is 71.4 Å². The second-order valence-electron chi connectivity index (χ2n) is 10.6. The number of alkyl halides is 2. The van der Waals surface area contributed by atoms with E-state index in [1.807, 2.05) is 27.8 Å². The van der Waals surface area contributed by atoms with Crippen molar-refractivity contribution in [3.63, 3.8) is 0 Å². The van der Waals surface area contributed by atoms with Gasteiger partial charge in [-0.25, -0.2) is 18.2 Å². The van der Waals surface area contributed by atoms with E-state index in [1.165, 1.54) is 12.1 Å². The Labute approximate surface area is 236 Å². The Kier molecular flexibility index (Phi) is 9.04. The Hall–Kier alpha value is -3.70. The lowest BCUT2D eigenvalue weighted by molar-refractivity contribution is -0.129. The summed E-state index contributed by atoms with van der Waals surface area (Å²) >= 11 is 0. The van der Waals surface area contributed by atoms with Gasteiger partial charge in [-0.3, -0.25) is 9.48 Å². The number of carbonyl (C=O) groups excluding carboxylic acids is 1. The number of likely N-dealkylation sites (tertiary alicyclic amines) is 1. The number of H-pyrrole nitrogens is 1. The maximum atomic E-state index is 13.6. The first kappa shape index (κ1) is 28.8. The molecule has 2 N–H and O–H groups in total. The van der Waals surface area contributed by atoms with Gasteiger partial charge in [-0.1, -0.05) is 12.1 Å². The number of hydrogen-bond acceptors (Lipinski definition) is 5. The molecule has 2 aliphatic heterocycles. The number of halogens is 3. The van der Waals surface area contributed by atoms with Gasteiger partial charge in [-0.05, 0) is 62.3 Å². The van der Waals surface area contributed by atoms with Gasteiger partial charge in [-0.2, -0.15) is 5.10 Å². The second kappa shape index (κ2) is 12.9. The Morgan fingerprint density at radius 2 is 1.78 bits per heavy atom.